The van der Waals surface area contributed by atoms with Gasteiger partial charge in [0.2, 0.25) is 5.91 Å². The van der Waals surface area contributed by atoms with Gasteiger partial charge in [-0.2, -0.15) is 0 Å². The third-order valence-corrected chi connectivity index (χ3v) is 5.85. The molecule has 1 N–H and O–H groups in total. The van der Waals surface area contributed by atoms with Crippen molar-refractivity contribution in [2.45, 2.75) is 55.5 Å². The Bertz CT molecular complexity index is 396. The highest BCUT2D eigenvalue weighted by atomic mass is 32.2. The maximum atomic E-state index is 12.8. The molecule has 3 heterocycles. The van der Waals surface area contributed by atoms with Crippen molar-refractivity contribution in [3.8, 4) is 0 Å². The van der Waals surface area contributed by atoms with Crippen LogP contribution in [0.1, 0.15) is 32.1 Å². The summed E-state index contributed by atoms with van der Waals surface area (Å²) in [6.45, 7) is 2.38. The first kappa shape index (κ1) is 15.3. The number of aliphatic imine (C=N–C) groups is 1. The van der Waals surface area contributed by atoms with Crippen molar-refractivity contribution >= 4 is 23.2 Å². The van der Waals surface area contributed by atoms with Crippen LogP contribution in [0.4, 0.5) is 0 Å². The van der Waals surface area contributed by atoms with Crippen molar-refractivity contribution in [1.82, 2.24) is 10.2 Å². The largest absolute Gasteiger partial charge is 0.376 e. The summed E-state index contributed by atoms with van der Waals surface area (Å²) in [6.07, 6.45) is 5.87. The molecular formula is C15H25N3O2S. The Kier molecular flexibility index (Phi) is 5.19. The van der Waals surface area contributed by atoms with Crippen LogP contribution in [0.15, 0.2) is 4.99 Å². The Labute approximate surface area is 130 Å². The van der Waals surface area contributed by atoms with Gasteiger partial charge in [0.1, 0.15) is 6.04 Å². The summed E-state index contributed by atoms with van der Waals surface area (Å²) in [6, 6.07) is 0.146. The molecule has 0 aliphatic carbocycles. The van der Waals surface area contributed by atoms with Crippen LogP contribution in [-0.4, -0.2) is 66.5 Å². The van der Waals surface area contributed by atoms with Crippen molar-refractivity contribution < 1.29 is 9.53 Å². The molecular weight excluding hydrogens is 286 g/mol. The Morgan fingerprint density at radius 3 is 3.19 bits per heavy atom. The van der Waals surface area contributed by atoms with Crippen molar-refractivity contribution in [1.29, 1.82) is 0 Å². The molecule has 0 radical (unpaired) electrons. The fourth-order valence-electron chi connectivity index (χ4n) is 3.48. The molecule has 3 aliphatic heterocycles. The van der Waals surface area contributed by atoms with E-state index >= 15 is 0 Å². The molecule has 0 aromatic rings. The van der Waals surface area contributed by atoms with E-state index in [2.05, 4.69) is 10.3 Å². The van der Waals surface area contributed by atoms with E-state index in [9.17, 15) is 4.79 Å². The fourth-order valence-corrected chi connectivity index (χ4v) is 4.64. The molecule has 5 nitrogen and oxygen atoms in total. The van der Waals surface area contributed by atoms with Crippen LogP contribution in [0.2, 0.25) is 0 Å². The standard InChI is InChI=1S/C15H25N3O2S/c1-16-13-14-12(17-10-21-14)6-7-18(15(13)19)9-11-5-3-2-4-8-20-11/h10-14,16H,2-9H2,1H3. The third-order valence-electron chi connectivity index (χ3n) is 4.71. The highest BCUT2D eigenvalue weighted by Gasteiger charge is 2.41. The lowest BCUT2D eigenvalue weighted by Crippen LogP contribution is -2.51. The summed E-state index contributed by atoms with van der Waals surface area (Å²) in [4.78, 5) is 19.4. The lowest BCUT2D eigenvalue weighted by atomic mass is 10.1. The van der Waals surface area contributed by atoms with Gasteiger partial charge in [-0.25, -0.2) is 0 Å². The van der Waals surface area contributed by atoms with Gasteiger partial charge in [0.25, 0.3) is 0 Å². The molecule has 3 aliphatic rings. The number of hydrogen-bond donors (Lipinski definition) is 1. The van der Waals surface area contributed by atoms with E-state index in [4.69, 9.17) is 4.74 Å². The average Bonchev–Trinajstić information content (AvgIpc) is 2.73. The number of nitrogens with zero attached hydrogens (tertiary/aromatic N) is 2. The Balaban J connectivity index is 1.66. The first-order valence-electron chi connectivity index (χ1n) is 8.04. The summed E-state index contributed by atoms with van der Waals surface area (Å²) >= 11 is 1.69. The van der Waals surface area contributed by atoms with Gasteiger partial charge in [-0.3, -0.25) is 9.79 Å². The minimum absolute atomic E-state index is 0.129. The topological polar surface area (TPSA) is 53.9 Å². The van der Waals surface area contributed by atoms with Crippen molar-refractivity contribution in [3.05, 3.63) is 0 Å². The molecule has 0 saturated carbocycles. The maximum Gasteiger partial charge on any atom is 0.241 e. The lowest BCUT2D eigenvalue weighted by Gasteiger charge is -2.29. The first-order chi connectivity index (χ1) is 10.3. The number of carbonyl (C=O) groups excluding carboxylic acids is 1. The van der Waals surface area contributed by atoms with E-state index in [-0.39, 0.29) is 29.3 Å². The summed E-state index contributed by atoms with van der Waals surface area (Å²) in [5.41, 5.74) is 1.91. The maximum absolute atomic E-state index is 12.8. The molecule has 0 spiro atoms. The summed E-state index contributed by atoms with van der Waals surface area (Å²) < 4.78 is 5.91. The minimum atomic E-state index is -0.129. The zero-order chi connectivity index (χ0) is 14.7. The Hall–Kier alpha value is -0.590. The zero-order valence-corrected chi connectivity index (χ0v) is 13.5. The molecule has 118 valence electrons. The van der Waals surface area contributed by atoms with Crippen LogP contribution in [0.25, 0.3) is 0 Å². The van der Waals surface area contributed by atoms with Crippen LogP contribution in [0, 0.1) is 0 Å². The molecule has 4 unspecified atom stereocenters. The number of amides is 1. The first-order valence-corrected chi connectivity index (χ1v) is 8.98. The molecule has 0 bridgehead atoms. The molecule has 0 aromatic carbocycles. The quantitative estimate of drug-likeness (QED) is 0.853. The van der Waals surface area contributed by atoms with Gasteiger partial charge in [-0.05, 0) is 26.3 Å². The number of fused-ring (bicyclic) bond motifs is 1. The molecule has 1 amide bonds. The van der Waals surface area contributed by atoms with E-state index in [1.165, 1.54) is 12.8 Å². The minimum Gasteiger partial charge on any atom is -0.376 e. The molecule has 4 atom stereocenters. The summed E-state index contributed by atoms with van der Waals surface area (Å²) in [5.74, 6) is 0.218. The van der Waals surface area contributed by atoms with Gasteiger partial charge >= 0.3 is 0 Å². The number of likely N-dealkylation sites (N-methyl/N-ethyl adjacent to an activating group) is 1. The van der Waals surface area contributed by atoms with E-state index in [0.717, 1.165) is 39.0 Å². The van der Waals surface area contributed by atoms with E-state index in [1.807, 2.05) is 17.5 Å². The van der Waals surface area contributed by atoms with Gasteiger partial charge in [0.05, 0.1) is 22.9 Å². The van der Waals surface area contributed by atoms with Crippen LogP contribution in [-0.2, 0) is 9.53 Å². The molecule has 21 heavy (non-hydrogen) atoms. The number of hydrogen-bond acceptors (Lipinski definition) is 5. The number of rotatable bonds is 3. The van der Waals surface area contributed by atoms with Crippen molar-refractivity contribution in [3.63, 3.8) is 0 Å². The predicted molar refractivity (Wildman–Crippen MR) is 85.9 cm³/mol. The highest BCUT2D eigenvalue weighted by molar-refractivity contribution is 8.13. The molecule has 6 heteroatoms. The Morgan fingerprint density at radius 2 is 2.33 bits per heavy atom. The monoisotopic (exact) mass is 311 g/mol. The van der Waals surface area contributed by atoms with E-state index in [0.29, 0.717) is 0 Å². The number of carbonyl (C=O) groups is 1. The van der Waals surface area contributed by atoms with Crippen molar-refractivity contribution in [2.75, 3.05) is 26.7 Å². The van der Waals surface area contributed by atoms with Gasteiger partial charge in [-0.15, -0.1) is 11.8 Å². The van der Waals surface area contributed by atoms with Crippen LogP contribution >= 0.6 is 11.8 Å². The second-order valence-electron chi connectivity index (χ2n) is 6.10. The fraction of sp³-hybridized carbons (Fsp3) is 0.867. The predicted octanol–water partition coefficient (Wildman–Crippen LogP) is 1.28. The smallest absolute Gasteiger partial charge is 0.241 e. The lowest BCUT2D eigenvalue weighted by molar-refractivity contribution is -0.134. The average molecular weight is 311 g/mol. The molecule has 0 aromatic heterocycles. The summed E-state index contributed by atoms with van der Waals surface area (Å²) in [5, 5.41) is 3.46. The molecule has 3 rings (SSSR count). The van der Waals surface area contributed by atoms with Crippen LogP contribution < -0.4 is 5.32 Å². The second kappa shape index (κ2) is 7.11. The SMILES string of the molecule is CNC1C(=O)N(CC2CCCCCO2)CCC2N=CSC21. The van der Waals surface area contributed by atoms with E-state index in [1.54, 1.807) is 11.8 Å². The Morgan fingerprint density at radius 1 is 1.43 bits per heavy atom. The van der Waals surface area contributed by atoms with Gasteiger partial charge in [-0.1, -0.05) is 12.8 Å². The van der Waals surface area contributed by atoms with Gasteiger partial charge in [0, 0.05) is 19.7 Å². The van der Waals surface area contributed by atoms with E-state index < -0.39 is 0 Å². The molecule has 2 fully saturated rings. The highest BCUT2D eigenvalue weighted by Crippen LogP contribution is 2.31. The van der Waals surface area contributed by atoms with Crippen LogP contribution in [0.5, 0.6) is 0 Å². The van der Waals surface area contributed by atoms with Gasteiger partial charge < -0.3 is 15.0 Å². The number of thioether (sulfide) groups is 1. The van der Waals surface area contributed by atoms with Crippen LogP contribution in [0.3, 0.4) is 0 Å². The summed E-state index contributed by atoms with van der Waals surface area (Å²) in [7, 11) is 1.88. The normalized spacial score (nSPS) is 37.2. The number of likely N-dealkylation sites (tertiary alicyclic amines) is 1. The molecule has 2 saturated heterocycles. The van der Waals surface area contributed by atoms with Crippen molar-refractivity contribution in [2.24, 2.45) is 4.99 Å². The second-order valence-corrected chi connectivity index (χ2v) is 7.13. The zero-order valence-electron chi connectivity index (χ0n) is 12.7. The third kappa shape index (κ3) is 3.43. The number of ether oxygens (including phenoxy) is 1. The number of nitrogens with one attached hydrogen (secondary N) is 1. The van der Waals surface area contributed by atoms with Gasteiger partial charge in [0.15, 0.2) is 0 Å².